The Hall–Kier alpha value is -1.32. The number of nitrogens with one attached hydrogen (secondary N) is 1. The van der Waals surface area contributed by atoms with Gasteiger partial charge in [-0.15, -0.1) is 0 Å². The van der Waals surface area contributed by atoms with Gasteiger partial charge in [0.25, 0.3) is 0 Å². The van der Waals surface area contributed by atoms with Crippen LogP contribution in [-0.4, -0.2) is 73.1 Å². The van der Waals surface area contributed by atoms with Gasteiger partial charge >= 0.3 is 0 Å². The van der Waals surface area contributed by atoms with Crippen LogP contribution in [0.25, 0.3) is 0 Å². The smallest absolute Gasteiger partial charge is 0.144 e. The average Bonchev–Trinajstić information content (AvgIpc) is 2.43. The molecule has 4 atom stereocenters. The number of anilines is 1. The lowest BCUT2D eigenvalue weighted by Crippen LogP contribution is -2.48. The van der Waals surface area contributed by atoms with E-state index < -0.39 is 31.0 Å². The zero-order valence-electron chi connectivity index (χ0n) is 9.59. The lowest BCUT2D eigenvalue weighted by atomic mass is 10.0. The molecule has 1 rings (SSSR count). The summed E-state index contributed by atoms with van der Waals surface area (Å²) in [7, 11) is 0. The second-order valence-corrected chi connectivity index (χ2v) is 3.77. The maximum atomic E-state index is 9.58. The van der Waals surface area contributed by atoms with E-state index in [1.807, 2.05) is 0 Å². The number of hydrogen-bond donors (Lipinski definition) is 6. The van der Waals surface area contributed by atoms with Crippen LogP contribution in [0.1, 0.15) is 0 Å². The summed E-state index contributed by atoms with van der Waals surface area (Å²) < 4.78 is 0. The summed E-state index contributed by atoms with van der Waals surface area (Å²) in [5.41, 5.74) is 0. The van der Waals surface area contributed by atoms with Gasteiger partial charge in [-0.25, -0.2) is 4.98 Å². The third-order valence-corrected chi connectivity index (χ3v) is 2.38. The van der Waals surface area contributed by atoms with Crippen molar-refractivity contribution in [2.75, 3.05) is 18.5 Å². The summed E-state index contributed by atoms with van der Waals surface area (Å²) in [5.74, 6) is 0.404. The van der Waals surface area contributed by atoms with Gasteiger partial charge in [0.1, 0.15) is 24.1 Å². The monoisotopic (exact) mass is 259 g/mol. The molecule has 0 aliphatic heterocycles. The third-order valence-electron chi connectivity index (χ3n) is 2.38. The van der Waals surface area contributed by atoms with Crippen molar-refractivity contribution in [3.63, 3.8) is 0 Å². The number of aromatic nitrogens is 2. The minimum absolute atomic E-state index is 0.0882. The number of rotatable bonds is 7. The van der Waals surface area contributed by atoms with Crippen LogP contribution >= 0.6 is 0 Å². The Balaban J connectivity index is 2.42. The molecule has 18 heavy (non-hydrogen) atoms. The van der Waals surface area contributed by atoms with Crippen LogP contribution in [0.2, 0.25) is 0 Å². The molecule has 102 valence electrons. The molecule has 0 saturated heterocycles. The summed E-state index contributed by atoms with van der Waals surface area (Å²) in [4.78, 5) is 7.68. The van der Waals surface area contributed by atoms with E-state index in [4.69, 9.17) is 10.2 Å². The molecule has 8 nitrogen and oxygen atoms in total. The highest BCUT2D eigenvalue weighted by atomic mass is 16.4. The van der Waals surface area contributed by atoms with Crippen molar-refractivity contribution in [3.8, 4) is 0 Å². The Bertz CT molecular complexity index is 340. The van der Waals surface area contributed by atoms with E-state index in [0.717, 1.165) is 0 Å². The first kappa shape index (κ1) is 14.7. The Labute approximate surface area is 104 Å². The van der Waals surface area contributed by atoms with Crippen LogP contribution < -0.4 is 5.32 Å². The Morgan fingerprint density at radius 2 is 1.72 bits per heavy atom. The standard InChI is InChI=1S/C10H17N3O5/c14-5-7(16)10(18)9(17)6(15)3-13-8-4-11-1-2-12-8/h1-2,4,6-7,9-10,14-18H,3,5H2,(H,12,13)/t6-,7+,9+,10+/m0/s1. The van der Waals surface area contributed by atoms with Crippen molar-refractivity contribution in [1.82, 2.24) is 9.97 Å². The molecule has 0 spiro atoms. The third kappa shape index (κ3) is 4.17. The minimum atomic E-state index is -1.63. The Morgan fingerprint density at radius 1 is 1.06 bits per heavy atom. The fourth-order valence-corrected chi connectivity index (χ4v) is 1.28. The second-order valence-electron chi connectivity index (χ2n) is 3.77. The summed E-state index contributed by atoms with van der Waals surface area (Å²) >= 11 is 0. The van der Waals surface area contributed by atoms with E-state index in [-0.39, 0.29) is 6.54 Å². The number of hydrogen-bond acceptors (Lipinski definition) is 8. The molecule has 1 heterocycles. The highest BCUT2D eigenvalue weighted by Crippen LogP contribution is 2.06. The van der Waals surface area contributed by atoms with Crippen molar-refractivity contribution >= 4 is 5.82 Å². The molecule has 1 aromatic heterocycles. The zero-order valence-corrected chi connectivity index (χ0v) is 9.59. The molecule has 0 bridgehead atoms. The molecule has 0 amide bonds. The first-order valence-corrected chi connectivity index (χ1v) is 5.39. The van der Waals surface area contributed by atoms with Crippen LogP contribution in [0.3, 0.4) is 0 Å². The van der Waals surface area contributed by atoms with Crippen LogP contribution in [0.5, 0.6) is 0 Å². The fraction of sp³-hybridized carbons (Fsp3) is 0.600. The van der Waals surface area contributed by atoms with Gasteiger partial charge < -0.3 is 30.8 Å². The van der Waals surface area contributed by atoms with Crippen LogP contribution in [0.4, 0.5) is 5.82 Å². The van der Waals surface area contributed by atoms with Crippen molar-refractivity contribution in [2.24, 2.45) is 0 Å². The van der Waals surface area contributed by atoms with Gasteiger partial charge in [-0.05, 0) is 0 Å². The van der Waals surface area contributed by atoms with E-state index in [9.17, 15) is 15.3 Å². The fourth-order valence-electron chi connectivity index (χ4n) is 1.28. The molecular weight excluding hydrogens is 242 g/mol. The van der Waals surface area contributed by atoms with Crippen LogP contribution in [0.15, 0.2) is 18.6 Å². The largest absolute Gasteiger partial charge is 0.394 e. The first-order chi connectivity index (χ1) is 8.56. The quantitative estimate of drug-likeness (QED) is 0.311. The van der Waals surface area contributed by atoms with Crippen LogP contribution in [-0.2, 0) is 0 Å². The van der Waals surface area contributed by atoms with Gasteiger partial charge in [0.15, 0.2) is 0 Å². The van der Waals surface area contributed by atoms with E-state index >= 15 is 0 Å². The molecule has 0 aromatic carbocycles. The van der Waals surface area contributed by atoms with Gasteiger partial charge in [0.05, 0.1) is 18.9 Å². The topological polar surface area (TPSA) is 139 Å². The molecule has 6 N–H and O–H groups in total. The normalized spacial score (nSPS) is 17.8. The van der Waals surface area contributed by atoms with E-state index in [1.54, 1.807) is 0 Å². The molecule has 0 aliphatic rings. The lowest BCUT2D eigenvalue weighted by Gasteiger charge is -2.25. The van der Waals surface area contributed by atoms with Crippen molar-refractivity contribution < 1.29 is 25.5 Å². The molecule has 0 aliphatic carbocycles. The second kappa shape index (κ2) is 7.19. The van der Waals surface area contributed by atoms with Gasteiger partial charge in [-0.1, -0.05) is 0 Å². The molecular formula is C10H17N3O5. The maximum Gasteiger partial charge on any atom is 0.144 e. The lowest BCUT2D eigenvalue weighted by molar-refractivity contribution is -0.111. The zero-order chi connectivity index (χ0) is 13.5. The Kier molecular flexibility index (Phi) is 5.89. The predicted octanol–water partition coefficient (Wildman–Crippen LogP) is -2.68. The average molecular weight is 259 g/mol. The molecule has 1 aromatic rings. The Morgan fingerprint density at radius 3 is 2.28 bits per heavy atom. The van der Waals surface area contributed by atoms with Gasteiger partial charge in [-0.2, -0.15) is 0 Å². The predicted molar refractivity (Wildman–Crippen MR) is 61.6 cm³/mol. The van der Waals surface area contributed by atoms with Gasteiger partial charge in [0.2, 0.25) is 0 Å². The van der Waals surface area contributed by atoms with Crippen molar-refractivity contribution in [1.29, 1.82) is 0 Å². The summed E-state index contributed by atoms with van der Waals surface area (Å²) in [5, 5.41) is 48.9. The minimum Gasteiger partial charge on any atom is -0.394 e. The first-order valence-electron chi connectivity index (χ1n) is 5.39. The van der Waals surface area contributed by atoms with Crippen molar-refractivity contribution in [2.45, 2.75) is 24.4 Å². The van der Waals surface area contributed by atoms with E-state index in [1.165, 1.54) is 18.6 Å². The number of aliphatic hydroxyl groups is 5. The summed E-state index contributed by atoms with van der Waals surface area (Å²) in [6, 6.07) is 0. The van der Waals surface area contributed by atoms with Gasteiger partial charge in [0, 0.05) is 18.9 Å². The number of aliphatic hydroxyl groups excluding tert-OH is 5. The highest BCUT2D eigenvalue weighted by Gasteiger charge is 2.29. The summed E-state index contributed by atoms with van der Waals surface area (Å²) in [6.45, 7) is -0.794. The molecule has 0 fully saturated rings. The summed E-state index contributed by atoms with van der Waals surface area (Å²) in [6.07, 6.45) is -1.69. The van der Waals surface area contributed by atoms with Crippen molar-refractivity contribution in [3.05, 3.63) is 18.6 Å². The molecule has 0 radical (unpaired) electrons. The van der Waals surface area contributed by atoms with Gasteiger partial charge in [-0.3, -0.25) is 4.98 Å². The SMILES string of the molecule is OC[C@@H](O)[C@@H](O)[C@H](O)[C@@H](O)CNc1cnccn1. The molecule has 0 saturated carbocycles. The number of nitrogens with zero attached hydrogens (tertiary/aromatic N) is 2. The van der Waals surface area contributed by atoms with E-state index in [2.05, 4.69) is 15.3 Å². The van der Waals surface area contributed by atoms with E-state index in [0.29, 0.717) is 5.82 Å². The molecule has 8 heteroatoms. The highest BCUT2D eigenvalue weighted by molar-refractivity contribution is 5.29. The molecule has 0 unspecified atom stereocenters. The maximum absolute atomic E-state index is 9.58. The van der Waals surface area contributed by atoms with Crippen LogP contribution in [0, 0.1) is 0 Å².